The number of carbonyl (C=O) groups is 5. The summed E-state index contributed by atoms with van der Waals surface area (Å²) in [5.74, 6) is -2.28. The Labute approximate surface area is 208 Å². The second kappa shape index (κ2) is 18.7. The number of nitrogens with one attached hydrogen (secondary N) is 4. The molecule has 8 N–H and O–H groups in total. The van der Waals surface area contributed by atoms with Crippen molar-refractivity contribution in [2.24, 2.45) is 17.4 Å². The molecule has 12 nitrogen and oxygen atoms in total. The fourth-order valence-corrected chi connectivity index (χ4v) is 3.28. The van der Waals surface area contributed by atoms with Gasteiger partial charge in [0.15, 0.2) is 0 Å². The van der Waals surface area contributed by atoms with Crippen LogP contribution in [-0.4, -0.2) is 93.2 Å². The van der Waals surface area contributed by atoms with Gasteiger partial charge in [0.05, 0.1) is 19.1 Å². The highest BCUT2D eigenvalue weighted by Crippen LogP contribution is 2.08. The van der Waals surface area contributed by atoms with Crippen molar-refractivity contribution in [1.82, 2.24) is 26.2 Å². The van der Waals surface area contributed by atoms with Crippen LogP contribution in [0.5, 0.6) is 0 Å². The summed E-state index contributed by atoms with van der Waals surface area (Å²) in [5.41, 5.74) is 10.7. The first-order valence-electron chi connectivity index (χ1n) is 12.2. The highest BCUT2D eigenvalue weighted by Gasteiger charge is 2.29. The first-order valence-corrected chi connectivity index (χ1v) is 12.2. The molecule has 0 aromatic carbocycles. The summed E-state index contributed by atoms with van der Waals surface area (Å²) >= 11 is 0. The van der Waals surface area contributed by atoms with E-state index in [0.717, 1.165) is 19.4 Å². The molecule has 0 saturated heterocycles. The van der Waals surface area contributed by atoms with Crippen LogP contribution in [-0.2, 0) is 24.0 Å². The number of hydrogen-bond donors (Lipinski definition) is 6. The number of hydrogen-bond acceptors (Lipinski definition) is 8. The zero-order valence-corrected chi connectivity index (χ0v) is 21.6. The maximum Gasteiger partial charge on any atom is 0.243 e. The van der Waals surface area contributed by atoms with Crippen LogP contribution in [0.2, 0.25) is 0 Å². The SMILES string of the molecule is CC(C)[C@H](NC(=O)CNC(=O)CN)C(=O)N[C@@H](CCCCN(C)C)C(=O)N[C@H](C=O)CCCCN. The number of unbranched alkanes of at least 4 members (excludes halogenated alkanes) is 2. The van der Waals surface area contributed by atoms with Gasteiger partial charge in [-0.15, -0.1) is 0 Å². The van der Waals surface area contributed by atoms with Gasteiger partial charge in [-0.25, -0.2) is 0 Å². The molecule has 202 valence electrons. The Morgan fingerprint density at radius 3 is 2.06 bits per heavy atom. The quantitative estimate of drug-likeness (QED) is 0.0889. The van der Waals surface area contributed by atoms with Crippen LogP contribution < -0.4 is 32.7 Å². The Morgan fingerprint density at radius 2 is 1.51 bits per heavy atom. The lowest BCUT2D eigenvalue weighted by Crippen LogP contribution is -2.57. The molecule has 0 bridgehead atoms. The zero-order valence-electron chi connectivity index (χ0n) is 21.6. The van der Waals surface area contributed by atoms with Crippen LogP contribution >= 0.6 is 0 Å². The highest BCUT2D eigenvalue weighted by molar-refractivity contribution is 5.93. The largest absolute Gasteiger partial charge is 0.346 e. The lowest BCUT2D eigenvalue weighted by molar-refractivity contribution is -0.133. The molecule has 0 fully saturated rings. The fourth-order valence-electron chi connectivity index (χ4n) is 3.28. The second-order valence-corrected chi connectivity index (χ2v) is 9.17. The van der Waals surface area contributed by atoms with Crippen molar-refractivity contribution in [2.75, 3.05) is 40.3 Å². The van der Waals surface area contributed by atoms with E-state index in [1.165, 1.54) is 0 Å². The molecule has 0 heterocycles. The summed E-state index contributed by atoms with van der Waals surface area (Å²) in [5, 5.41) is 10.4. The van der Waals surface area contributed by atoms with Gasteiger partial charge in [-0.2, -0.15) is 0 Å². The van der Waals surface area contributed by atoms with E-state index in [1.54, 1.807) is 13.8 Å². The smallest absolute Gasteiger partial charge is 0.243 e. The van der Waals surface area contributed by atoms with Crippen LogP contribution in [0.3, 0.4) is 0 Å². The maximum atomic E-state index is 13.0. The minimum atomic E-state index is -0.916. The maximum absolute atomic E-state index is 13.0. The Balaban J connectivity index is 5.27. The van der Waals surface area contributed by atoms with Gasteiger partial charge >= 0.3 is 0 Å². The van der Waals surface area contributed by atoms with Gasteiger partial charge in [-0.3, -0.25) is 19.2 Å². The average molecular weight is 500 g/mol. The van der Waals surface area contributed by atoms with Gasteiger partial charge in [0, 0.05) is 0 Å². The molecular formula is C23H45N7O5. The Bertz CT molecular complexity index is 673. The van der Waals surface area contributed by atoms with E-state index in [1.807, 2.05) is 19.0 Å². The van der Waals surface area contributed by atoms with E-state index in [0.29, 0.717) is 38.5 Å². The van der Waals surface area contributed by atoms with E-state index in [9.17, 15) is 24.0 Å². The molecule has 0 radical (unpaired) electrons. The monoisotopic (exact) mass is 499 g/mol. The number of nitrogens with zero attached hydrogens (tertiary/aromatic N) is 1. The van der Waals surface area contributed by atoms with E-state index in [-0.39, 0.29) is 19.0 Å². The summed E-state index contributed by atoms with van der Waals surface area (Å²) in [4.78, 5) is 63.0. The minimum absolute atomic E-state index is 0.250. The Morgan fingerprint density at radius 1 is 0.857 bits per heavy atom. The molecule has 0 spiro atoms. The predicted molar refractivity (Wildman–Crippen MR) is 134 cm³/mol. The molecule has 12 heteroatoms. The van der Waals surface area contributed by atoms with E-state index in [4.69, 9.17) is 11.5 Å². The number of nitrogens with two attached hydrogens (primary N) is 2. The van der Waals surface area contributed by atoms with E-state index in [2.05, 4.69) is 21.3 Å². The minimum Gasteiger partial charge on any atom is -0.346 e. The topological polar surface area (TPSA) is 189 Å². The third-order valence-corrected chi connectivity index (χ3v) is 5.34. The normalized spacial score (nSPS) is 13.6. The molecule has 0 aliphatic rings. The fraction of sp³-hybridized carbons (Fsp3) is 0.783. The third kappa shape index (κ3) is 15.1. The van der Waals surface area contributed by atoms with Gasteiger partial charge < -0.3 is 42.4 Å². The number of rotatable bonds is 19. The van der Waals surface area contributed by atoms with Crippen LogP contribution in [0.1, 0.15) is 52.4 Å². The van der Waals surface area contributed by atoms with Crippen molar-refractivity contribution in [2.45, 2.75) is 70.5 Å². The molecule has 0 aliphatic heterocycles. The molecular weight excluding hydrogens is 454 g/mol. The molecule has 0 aromatic rings. The summed E-state index contributed by atoms with van der Waals surface area (Å²) in [7, 11) is 3.90. The van der Waals surface area contributed by atoms with Crippen LogP contribution in [0.4, 0.5) is 0 Å². The summed E-state index contributed by atoms with van der Waals surface area (Å²) in [6.45, 7) is 4.29. The summed E-state index contributed by atoms with van der Waals surface area (Å²) in [6.07, 6.45) is 4.48. The Hall–Kier alpha value is -2.57. The van der Waals surface area contributed by atoms with Crippen molar-refractivity contribution >= 4 is 29.9 Å². The van der Waals surface area contributed by atoms with Gasteiger partial charge in [0.25, 0.3) is 0 Å². The highest BCUT2D eigenvalue weighted by atomic mass is 16.2. The lowest BCUT2D eigenvalue weighted by Gasteiger charge is -2.26. The van der Waals surface area contributed by atoms with Crippen molar-refractivity contribution < 1.29 is 24.0 Å². The van der Waals surface area contributed by atoms with Crippen molar-refractivity contribution in [1.29, 1.82) is 0 Å². The van der Waals surface area contributed by atoms with Crippen molar-refractivity contribution in [3.63, 3.8) is 0 Å². The number of aldehydes is 1. The summed E-state index contributed by atoms with van der Waals surface area (Å²) in [6, 6.07) is -2.44. The van der Waals surface area contributed by atoms with Crippen LogP contribution in [0.25, 0.3) is 0 Å². The lowest BCUT2D eigenvalue weighted by atomic mass is 10.0. The molecule has 35 heavy (non-hydrogen) atoms. The van der Waals surface area contributed by atoms with Crippen LogP contribution in [0.15, 0.2) is 0 Å². The predicted octanol–water partition coefficient (Wildman–Crippen LogP) is -1.77. The van der Waals surface area contributed by atoms with Gasteiger partial charge in [0.2, 0.25) is 23.6 Å². The van der Waals surface area contributed by atoms with Gasteiger partial charge in [-0.05, 0) is 71.6 Å². The number of amides is 4. The molecule has 0 rings (SSSR count). The molecule has 0 saturated carbocycles. The van der Waals surface area contributed by atoms with Crippen molar-refractivity contribution in [3.05, 3.63) is 0 Å². The van der Waals surface area contributed by atoms with Crippen LogP contribution in [0, 0.1) is 5.92 Å². The number of carbonyl (C=O) groups excluding carboxylic acids is 5. The molecule has 0 aliphatic carbocycles. The van der Waals surface area contributed by atoms with Gasteiger partial charge in [-0.1, -0.05) is 13.8 Å². The third-order valence-electron chi connectivity index (χ3n) is 5.34. The first-order chi connectivity index (χ1) is 16.5. The zero-order chi connectivity index (χ0) is 26.8. The summed E-state index contributed by atoms with van der Waals surface area (Å²) < 4.78 is 0. The average Bonchev–Trinajstić information content (AvgIpc) is 2.81. The molecule has 3 atom stereocenters. The Kier molecular flexibility index (Phi) is 17.3. The van der Waals surface area contributed by atoms with Crippen molar-refractivity contribution in [3.8, 4) is 0 Å². The van der Waals surface area contributed by atoms with E-state index < -0.39 is 41.8 Å². The second-order valence-electron chi connectivity index (χ2n) is 9.17. The molecule has 0 unspecified atom stereocenters. The first kappa shape index (κ1) is 32.4. The standard InChI is InChI=1S/C23H45N7O5/c1-16(2)21(29-20(33)14-26-19(32)13-25)23(35)28-18(10-6-8-12-30(3)4)22(34)27-17(15-31)9-5-7-11-24/h15-18,21H,5-14,24-25H2,1-4H3,(H,26,32)(H,27,34)(H,28,35)(H,29,33)/t17-,18-,21-/m0/s1. The van der Waals surface area contributed by atoms with E-state index >= 15 is 0 Å². The molecule has 4 amide bonds. The van der Waals surface area contributed by atoms with Gasteiger partial charge in [0.1, 0.15) is 18.4 Å². The molecule has 0 aromatic heterocycles.